The van der Waals surface area contributed by atoms with Gasteiger partial charge >= 0.3 is 147 Å². The summed E-state index contributed by atoms with van der Waals surface area (Å²) in [5.41, 5.74) is 0. The summed E-state index contributed by atoms with van der Waals surface area (Å²) >= 11 is 0. The fourth-order valence-corrected chi connectivity index (χ4v) is 10.3. The molecule has 0 radical (unpaired) electrons. The van der Waals surface area contributed by atoms with E-state index < -0.39 is 72.8 Å². The van der Waals surface area contributed by atoms with Crippen molar-refractivity contribution in [3.63, 3.8) is 0 Å². The van der Waals surface area contributed by atoms with Crippen molar-refractivity contribution in [2.75, 3.05) is 0 Å². The minimum absolute atomic E-state index is 0. The molecule has 0 aliphatic heterocycles. The van der Waals surface area contributed by atoms with Crippen LogP contribution in [0.4, 0.5) is 0 Å². The summed E-state index contributed by atoms with van der Waals surface area (Å²) in [6.45, 7) is 0. The Balaban J connectivity index is -0.000000117. The van der Waals surface area contributed by atoms with E-state index in [1.165, 1.54) is 0 Å². The maximum Gasteiger partial charge on any atom is 2.00 e. The molecule has 0 bridgehead atoms. The Hall–Kier alpha value is 2.97. The normalized spacial score (nSPS) is 10.2. The van der Waals surface area contributed by atoms with Gasteiger partial charge in [-0.1, -0.05) is 18.1 Å². The summed E-state index contributed by atoms with van der Waals surface area (Å²) in [6, 6.07) is 0. The molecule has 0 atom stereocenters. The van der Waals surface area contributed by atoms with Gasteiger partial charge in [0.15, 0.2) is 18.1 Å². The molecule has 0 saturated carbocycles. The summed E-state index contributed by atoms with van der Waals surface area (Å²) in [4.78, 5) is 127. The van der Waals surface area contributed by atoms with Gasteiger partial charge in [-0.15, -0.1) is 0 Å². The van der Waals surface area contributed by atoms with Gasteiger partial charge in [-0.3, -0.25) is 13.4 Å². The van der Waals surface area contributed by atoms with Gasteiger partial charge in [0.25, 0.3) is 9.05 Å². The van der Waals surface area contributed by atoms with Gasteiger partial charge in [0, 0.05) is 0 Å². The SMILES string of the molecule is O=[Si](O[Si]([O-])([O-])[O-])O[Si]([O-])([O-])O[Si](=O)O[Si]([O-])([O-])O[Si]([O-])([O-])O[Si](=O)O[Si]([O-])([O-])[O-].[Fe+2].[Fe+2].[Fe+2].[Fe+2].[Fe+2].[Fe+2].[Fe+2].[OH-].[OH-]. The molecule has 39 heteroatoms. The molecule has 0 aliphatic rings. The quantitative estimate of drug-likeness (QED) is 0.146. The van der Waals surface area contributed by atoms with Crippen LogP contribution in [0.5, 0.6) is 0 Å². The summed E-state index contributed by atoms with van der Waals surface area (Å²) in [7, 11) is -46.8. The Morgan fingerprint density at radius 1 is 0.359 bits per heavy atom. The zero-order valence-electron chi connectivity index (χ0n) is 16.4. The van der Waals surface area contributed by atoms with E-state index in [0.717, 1.165) is 0 Å². The second-order valence-corrected chi connectivity index (χ2v) is 16.2. The fraction of sp³-hybridized carbons (Fsp3) is 0. The Morgan fingerprint density at radius 3 is 0.744 bits per heavy atom. The molecule has 0 aromatic carbocycles. The summed E-state index contributed by atoms with van der Waals surface area (Å²) < 4.78 is 55.2. The largest absolute Gasteiger partial charge is 2.00 e. The van der Waals surface area contributed by atoms with Crippen molar-refractivity contribution in [2.45, 2.75) is 0 Å². The molecular formula is H2Fe7O24Si8. The molecule has 0 aliphatic carbocycles. The maximum absolute atomic E-state index is 11.2. The number of rotatable bonds is 14. The predicted octanol–water partition coefficient (Wildman–Crippen LogP) is -18.5. The molecule has 24 nitrogen and oxygen atoms in total. The van der Waals surface area contributed by atoms with Crippen LogP contribution in [0.1, 0.15) is 0 Å². The fourth-order valence-electron chi connectivity index (χ4n) is 0.890. The second kappa shape index (κ2) is 27.3. The zero-order chi connectivity index (χ0) is 24.2. The average Bonchev–Trinajstić information content (AvgIpc) is 2.26. The van der Waals surface area contributed by atoms with Crippen LogP contribution in [0, 0.1) is 0 Å². The predicted molar refractivity (Wildman–Crippen MR) is 59.6 cm³/mol. The molecule has 0 fully saturated rings. The molecule has 0 aromatic heterocycles. The van der Waals surface area contributed by atoms with Crippen molar-refractivity contribution in [3.05, 3.63) is 0 Å². The van der Waals surface area contributed by atoms with Crippen molar-refractivity contribution >= 4 is 72.8 Å². The first-order chi connectivity index (χ1) is 13.0. The molecule has 234 valence electrons. The maximum atomic E-state index is 11.2. The van der Waals surface area contributed by atoms with Gasteiger partial charge in [-0.05, 0) is 0 Å². The molecule has 0 aromatic rings. The standard InChI is InChI=1S/7Fe.O22Si8.2H2O/c;;;;;;;1-23(16-26(4,5)6)18-28(10,11)19-25(3)21-30(14,15)22-29(12,13)20-24(2)17-27(7,8)9;;/h;;;;;;;;2*1H2/q7*+2;-12;;/p-2. The van der Waals surface area contributed by atoms with E-state index in [2.05, 4.69) is 28.8 Å². The Labute approximate surface area is 300 Å². The summed E-state index contributed by atoms with van der Waals surface area (Å²) in [6.07, 6.45) is 0. The molecule has 0 amide bonds. The van der Waals surface area contributed by atoms with E-state index in [-0.39, 0.29) is 130 Å². The summed E-state index contributed by atoms with van der Waals surface area (Å²) in [5, 5.41) is 0. The number of hydrogen-bond acceptors (Lipinski definition) is 24. The van der Waals surface area contributed by atoms with Crippen LogP contribution in [-0.4, -0.2) is 83.7 Å². The van der Waals surface area contributed by atoms with Crippen LogP contribution in [0.3, 0.4) is 0 Å². The third kappa shape index (κ3) is 41.0. The third-order valence-electron chi connectivity index (χ3n) is 1.50. The minimum Gasteiger partial charge on any atom is -0.870 e. The first kappa shape index (κ1) is 68.9. The molecule has 39 heavy (non-hydrogen) atoms. The molecule has 0 heterocycles. The molecule has 0 saturated heterocycles. The van der Waals surface area contributed by atoms with Crippen molar-refractivity contribution < 1.29 is 230 Å². The molecule has 2 N–H and O–H groups in total. The van der Waals surface area contributed by atoms with E-state index in [1.807, 2.05) is 0 Å². The molecular weight excluding hydrogens is 1000 g/mol. The van der Waals surface area contributed by atoms with Crippen LogP contribution in [0.25, 0.3) is 0 Å². The van der Waals surface area contributed by atoms with Gasteiger partial charge in [-0.2, -0.15) is 0 Å². The van der Waals surface area contributed by atoms with Crippen LogP contribution in [0.15, 0.2) is 0 Å². The van der Waals surface area contributed by atoms with Crippen molar-refractivity contribution in [3.8, 4) is 0 Å². The van der Waals surface area contributed by atoms with E-state index in [0.29, 0.717) is 0 Å². The Morgan fingerprint density at radius 2 is 0.538 bits per heavy atom. The van der Waals surface area contributed by atoms with Gasteiger partial charge < -0.3 is 97.3 Å². The first-order valence-electron chi connectivity index (χ1n) is 5.92. The van der Waals surface area contributed by atoms with Crippen molar-refractivity contribution in [1.82, 2.24) is 0 Å². The molecule has 0 rings (SSSR count). The van der Waals surface area contributed by atoms with Gasteiger partial charge in [0.1, 0.15) is 0 Å². The zero-order valence-corrected chi connectivity index (χ0v) is 32.1. The molecule has 0 unspecified atom stereocenters. The first-order valence-corrected chi connectivity index (χ1v) is 17.8. The summed E-state index contributed by atoms with van der Waals surface area (Å²) in [5.74, 6) is 0. The number of hydrogen-bond donors (Lipinski definition) is 0. The van der Waals surface area contributed by atoms with Gasteiger partial charge in [0.2, 0.25) is 0 Å². The van der Waals surface area contributed by atoms with Crippen molar-refractivity contribution in [1.29, 1.82) is 0 Å². The third-order valence-corrected chi connectivity index (χ3v) is 13.5. The van der Waals surface area contributed by atoms with Gasteiger partial charge in [0.05, 0.1) is 0 Å². The van der Waals surface area contributed by atoms with E-state index >= 15 is 0 Å². The smallest absolute Gasteiger partial charge is 0.870 e. The van der Waals surface area contributed by atoms with Crippen LogP contribution >= 0.6 is 0 Å². The Bertz CT molecular complexity index is 645. The van der Waals surface area contributed by atoms with Crippen molar-refractivity contribution in [2.24, 2.45) is 0 Å². The minimum atomic E-state index is -6.74. The van der Waals surface area contributed by atoms with Crippen LogP contribution < -0.4 is 57.5 Å². The Kier molecular flexibility index (Phi) is 48.2. The van der Waals surface area contributed by atoms with E-state index in [4.69, 9.17) is 0 Å². The average molecular weight is 1000 g/mol. The van der Waals surface area contributed by atoms with Crippen LogP contribution in [0.2, 0.25) is 0 Å². The van der Waals surface area contributed by atoms with Gasteiger partial charge in [-0.25, -0.2) is 0 Å². The topological polar surface area (TPSA) is 453 Å². The van der Waals surface area contributed by atoms with E-state index in [9.17, 15) is 70.9 Å². The van der Waals surface area contributed by atoms with Crippen LogP contribution in [-0.2, 0) is 162 Å². The molecule has 0 spiro atoms. The second-order valence-electron chi connectivity index (χ2n) is 3.96. The monoisotopic (exact) mass is 1000 g/mol. The van der Waals surface area contributed by atoms with E-state index in [1.54, 1.807) is 0 Å².